The molecule has 2 fully saturated rings. The first-order valence-electron chi connectivity index (χ1n) is 13.0. The van der Waals surface area contributed by atoms with Crippen molar-refractivity contribution >= 4 is 17.3 Å². The van der Waals surface area contributed by atoms with Gasteiger partial charge in [-0.15, -0.1) is 5.10 Å². The predicted octanol–water partition coefficient (Wildman–Crippen LogP) is 3.02. The number of anilines is 1. The number of ether oxygens (including phenoxy) is 1. The van der Waals surface area contributed by atoms with Crippen LogP contribution in [0, 0.1) is 23.2 Å². The van der Waals surface area contributed by atoms with Crippen LogP contribution in [0.25, 0.3) is 28.2 Å². The van der Waals surface area contributed by atoms with Gasteiger partial charge in [0.15, 0.2) is 0 Å². The molecular formula is C27H31N9O3. The van der Waals surface area contributed by atoms with Gasteiger partial charge in [-0.1, -0.05) is 11.6 Å². The molecule has 4 N–H and O–H groups in total. The number of hydrogen-bond acceptors (Lipinski definition) is 9. The molecule has 2 aliphatic rings. The van der Waals surface area contributed by atoms with Gasteiger partial charge in [0.2, 0.25) is 0 Å². The van der Waals surface area contributed by atoms with Crippen LogP contribution in [0.15, 0.2) is 42.9 Å². The second kappa shape index (κ2) is 11.5. The highest BCUT2D eigenvalue weighted by molar-refractivity contribution is 5.77. The highest BCUT2D eigenvalue weighted by Crippen LogP contribution is 2.31. The maximum absolute atomic E-state index is 10.5. The Labute approximate surface area is 225 Å². The fourth-order valence-corrected chi connectivity index (χ4v) is 4.70. The van der Waals surface area contributed by atoms with Crippen LogP contribution in [0.2, 0.25) is 0 Å². The molecule has 0 saturated heterocycles. The van der Waals surface area contributed by atoms with Crippen molar-refractivity contribution < 1.29 is 14.6 Å². The number of carbonyl (C=O) groups excluding carboxylic acids is 1. The zero-order valence-electron chi connectivity index (χ0n) is 21.7. The van der Waals surface area contributed by atoms with E-state index >= 15 is 0 Å². The summed E-state index contributed by atoms with van der Waals surface area (Å²) in [5.74, 6) is 1.15. The molecule has 4 aromatic rings. The summed E-state index contributed by atoms with van der Waals surface area (Å²) in [5.41, 5.74) is 11.0. The molecule has 12 heteroatoms. The van der Waals surface area contributed by atoms with Crippen LogP contribution in [-0.2, 0) is 11.3 Å². The standard InChI is InChI=1S/C20H18N8O.C7H13NO2/c21-7-13-3-14-1-2-20(28(14)24-8-13)18-6-17(22)16(9-23-18)19-11-27(26-25-19)10-12-4-15(29)5-12;1-10-7(9)8-5-6-3-2-4-6/h1-3,6,8-9,11-12,15,29H,4-5,10H2,(H2,22,23);6H,2-5H2,1H3,(H,8,9). The van der Waals surface area contributed by atoms with Crippen LogP contribution in [0.4, 0.5) is 10.5 Å². The summed E-state index contributed by atoms with van der Waals surface area (Å²) in [6, 6.07) is 9.43. The van der Waals surface area contributed by atoms with Gasteiger partial charge in [-0.25, -0.2) is 9.31 Å². The number of nitriles is 1. The molecular weight excluding hydrogens is 498 g/mol. The zero-order valence-corrected chi connectivity index (χ0v) is 21.7. The van der Waals surface area contributed by atoms with E-state index in [1.54, 1.807) is 27.5 Å². The SMILES string of the molecule is COC(=O)NCC1CCC1.N#Cc1cnn2c(-c3cc(N)c(-c4cn(CC5CC(O)C5)nn4)cn3)ccc2c1. The molecule has 6 rings (SSSR count). The lowest BCUT2D eigenvalue weighted by Crippen LogP contribution is -2.31. The van der Waals surface area contributed by atoms with Gasteiger partial charge in [0, 0.05) is 30.5 Å². The fourth-order valence-electron chi connectivity index (χ4n) is 4.70. The van der Waals surface area contributed by atoms with Gasteiger partial charge in [0.1, 0.15) is 11.8 Å². The third kappa shape index (κ3) is 5.99. The Bertz CT molecular complexity index is 1500. The Morgan fingerprint density at radius 2 is 2.05 bits per heavy atom. The van der Waals surface area contributed by atoms with E-state index in [0.29, 0.717) is 40.0 Å². The topological polar surface area (TPSA) is 169 Å². The van der Waals surface area contributed by atoms with Gasteiger partial charge < -0.3 is 20.9 Å². The third-order valence-corrected chi connectivity index (χ3v) is 7.24. The van der Waals surface area contributed by atoms with Crippen molar-refractivity contribution in [3.05, 3.63) is 48.4 Å². The van der Waals surface area contributed by atoms with Gasteiger partial charge in [0.25, 0.3) is 0 Å². The van der Waals surface area contributed by atoms with Crippen molar-refractivity contribution in [2.45, 2.75) is 44.8 Å². The Balaban J connectivity index is 0.000000261. The predicted molar refractivity (Wildman–Crippen MR) is 143 cm³/mol. The summed E-state index contributed by atoms with van der Waals surface area (Å²) < 4.78 is 7.94. The van der Waals surface area contributed by atoms with E-state index in [1.807, 2.05) is 18.3 Å². The maximum atomic E-state index is 10.5. The number of carbonyl (C=O) groups is 1. The number of alkyl carbamates (subject to hydrolysis) is 1. The lowest BCUT2D eigenvalue weighted by atomic mass is 9.82. The summed E-state index contributed by atoms with van der Waals surface area (Å²) in [5, 5.41) is 33.8. The number of rotatable bonds is 6. The van der Waals surface area contributed by atoms with E-state index in [1.165, 1.54) is 32.6 Å². The Morgan fingerprint density at radius 1 is 1.23 bits per heavy atom. The van der Waals surface area contributed by atoms with Crippen molar-refractivity contribution in [2.75, 3.05) is 19.4 Å². The Morgan fingerprint density at radius 3 is 2.72 bits per heavy atom. The average Bonchev–Trinajstić information content (AvgIpc) is 3.53. The van der Waals surface area contributed by atoms with E-state index in [9.17, 15) is 9.90 Å². The summed E-state index contributed by atoms with van der Waals surface area (Å²) in [6.45, 7) is 1.52. The van der Waals surface area contributed by atoms with Gasteiger partial charge in [-0.05, 0) is 61.8 Å². The number of pyridine rings is 1. The molecule has 2 saturated carbocycles. The second-order valence-corrected chi connectivity index (χ2v) is 10.1. The highest BCUT2D eigenvalue weighted by Gasteiger charge is 2.27. The monoisotopic (exact) mass is 529 g/mol. The number of amides is 1. The Hall–Kier alpha value is -4.50. The molecule has 0 aliphatic heterocycles. The van der Waals surface area contributed by atoms with Crippen molar-refractivity contribution in [1.29, 1.82) is 5.26 Å². The van der Waals surface area contributed by atoms with Crippen molar-refractivity contribution in [3.63, 3.8) is 0 Å². The highest BCUT2D eigenvalue weighted by atomic mass is 16.5. The van der Waals surface area contributed by atoms with Crippen LogP contribution >= 0.6 is 0 Å². The summed E-state index contributed by atoms with van der Waals surface area (Å²) >= 11 is 0. The number of nitrogens with two attached hydrogens (primary N) is 1. The number of fused-ring (bicyclic) bond motifs is 1. The lowest BCUT2D eigenvalue weighted by molar-refractivity contribution is 0.0334. The minimum Gasteiger partial charge on any atom is -0.453 e. The number of methoxy groups -OCH3 is 1. The van der Waals surface area contributed by atoms with Crippen LogP contribution in [0.5, 0.6) is 0 Å². The van der Waals surface area contributed by atoms with Gasteiger partial charge in [0.05, 0.1) is 48.1 Å². The van der Waals surface area contributed by atoms with Crippen LogP contribution < -0.4 is 11.1 Å². The average molecular weight is 530 g/mol. The molecule has 4 heterocycles. The summed E-state index contributed by atoms with van der Waals surface area (Å²) in [7, 11) is 1.39. The molecule has 2 aliphatic carbocycles. The first kappa shape index (κ1) is 26.1. The molecule has 0 atom stereocenters. The fraction of sp³-hybridized carbons (Fsp3) is 0.407. The van der Waals surface area contributed by atoms with E-state index in [2.05, 4.69) is 36.5 Å². The molecule has 0 bridgehead atoms. The van der Waals surface area contributed by atoms with E-state index in [4.69, 9.17) is 11.0 Å². The van der Waals surface area contributed by atoms with Crippen molar-refractivity contribution in [2.24, 2.45) is 11.8 Å². The maximum Gasteiger partial charge on any atom is 0.406 e. The smallest absolute Gasteiger partial charge is 0.406 e. The molecule has 0 aromatic carbocycles. The van der Waals surface area contributed by atoms with Crippen LogP contribution in [-0.4, -0.2) is 60.6 Å². The number of nitrogens with zero attached hydrogens (tertiary/aromatic N) is 7. The minimum atomic E-state index is -0.313. The zero-order chi connectivity index (χ0) is 27.4. The normalized spacial score (nSPS) is 18.3. The van der Waals surface area contributed by atoms with Crippen LogP contribution in [0.3, 0.4) is 0 Å². The molecule has 12 nitrogen and oxygen atoms in total. The molecule has 0 radical (unpaired) electrons. The van der Waals surface area contributed by atoms with E-state index < -0.39 is 0 Å². The molecule has 202 valence electrons. The summed E-state index contributed by atoms with van der Waals surface area (Å²) in [6.07, 6.45) is 10.0. The van der Waals surface area contributed by atoms with Crippen molar-refractivity contribution in [3.8, 4) is 28.7 Å². The molecule has 4 aromatic heterocycles. The largest absolute Gasteiger partial charge is 0.453 e. The number of nitrogens with one attached hydrogen (secondary N) is 1. The molecule has 0 unspecified atom stereocenters. The molecule has 1 amide bonds. The second-order valence-electron chi connectivity index (χ2n) is 10.1. The first-order valence-corrected chi connectivity index (χ1v) is 13.0. The number of aliphatic hydroxyl groups excluding tert-OH is 1. The van der Waals surface area contributed by atoms with Crippen LogP contribution in [0.1, 0.15) is 37.7 Å². The minimum absolute atomic E-state index is 0.179. The summed E-state index contributed by atoms with van der Waals surface area (Å²) in [4.78, 5) is 15.1. The number of aliphatic hydroxyl groups is 1. The Kier molecular flexibility index (Phi) is 7.69. The van der Waals surface area contributed by atoms with Gasteiger partial charge in [-0.3, -0.25) is 9.67 Å². The first-order chi connectivity index (χ1) is 18.9. The lowest BCUT2D eigenvalue weighted by Gasteiger charge is -2.30. The molecule has 39 heavy (non-hydrogen) atoms. The van der Waals surface area contributed by atoms with Gasteiger partial charge >= 0.3 is 6.09 Å². The number of aromatic nitrogens is 6. The van der Waals surface area contributed by atoms with E-state index in [0.717, 1.165) is 37.1 Å². The number of hydrogen-bond donors (Lipinski definition) is 3. The number of nitrogen functional groups attached to an aromatic ring is 1. The molecule has 0 spiro atoms. The quantitative estimate of drug-likeness (QED) is 0.340. The third-order valence-electron chi connectivity index (χ3n) is 7.24. The van der Waals surface area contributed by atoms with Crippen molar-refractivity contribution in [1.82, 2.24) is 34.9 Å². The van der Waals surface area contributed by atoms with E-state index in [-0.39, 0.29) is 12.2 Å². The van der Waals surface area contributed by atoms with Gasteiger partial charge in [-0.2, -0.15) is 10.4 Å².